The highest BCUT2D eigenvalue weighted by Gasteiger charge is 1.86. The fraction of sp³-hybridized carbons (Fsp3) is 0.857. The van der Waals surface area contributed by atoms with Crippen molar-refractivity contribution in [1.29, 1.82) is 0 Å². The first-order valence-corrected chi connectivity index (χ1v) is 3.46. The largest absolute Gasteiger partial charge is 0.396 e. The molecule has 0 atom stereocenters. The normalized spacial score (nSPS) is 11.7. The van der Waals surface area contributed by atoms with Crippen LogP contribution in [-0.4, -0.2) is 12.3 Å². The van der Waals surface area contributed by atoms with Crippen LogP contribution < -0.4 is 0 Å². The van der Waals surface area contributed by atoms with Crippen LogP contribution in [0.15, 0.2) is 5.16 Å². The van der Waals surface area contributed by atoms with Crippen LogP contribution in [0.25, 0.3) is 0 Å². The minimum Gasteiger partial charge on any atom is -0.396 e. The number of hydrogen-bond acceptors (Lipinski definition) is 2. The maximum Gasteiger partial charge on any atom is 0.114 e. The molecule has 0 saturated carbocycles. The molecule has 0 saturated heterocycles. The van der Waals surface area contributed by atoms with E-state index in [9.17, 15) is 0 Å². The lowest BCUT2D eigenvalue weighted by Gasteiger charge is -1.95. The SMILES string of the molecule is CCC/C(C)=N\OCC. The number of oxime groups is 1. The van der Waals surface area contributed by atoms with Gasteiger partial charge in [-0.05, 0) is 20.3 Å². The molecule has 0 N–H and O–H groups in total. The molecule has 0 spiro atoms. The third-order valence-corrected chi connectivity index (χ3v) is 0.961. The summed E-state index contributed by atoms with van der Waals surface area (Å²) < 4.78 is 0. The standard InChI is InChI=1S/C7H15NO/c1-4-6-7(3)8-9-5-2/h4-6H2,1-3H3/b8-7-. The molecule has 0 aromatic heterocycles. The maximum atomic E-state index is 4.84. The predicted molar refractivity (Wildman–Crippen MR) is 39.6 cm³/mol. The highest BCUT2D eigenvalue weighted by atomic mass is 16.6. The summed E-state index contributed by atoms with van der Waals surface area (Å²) in [5, 5.41) is 3.85. The molecule has 0 aromatic carbocycles. The first-order valence-electron chi connectivity index (χ1n) is 3.46. The fourth-order valence-electron chi connectivity index (χ4n) is 0.582. The van der Waals surface area contributed by atoms with Gasteiger partial charge in [-0.15, -0.1) is 0 Å². The zero-order chi connectivity index (χ0) is 7.11. The highest BCUT2D eigenvalue weighted by molar-refractivity contribution is 5.81. The third-order valence-electron chi connectivity index (χ3n) is 0.961. The van der Waals surface area contributed by atoms with Gasteiger partial charge in [-0.1, -0.05) is 18.5 Å². The van der Waals surface area contributed by atoms with Crippen molar-refractivity contribution in [2.45, 2.75) is 33.6 Å². The Morgan fingerprint density at radius 1 is 1.44 bits per heavy atom. The van der Waals surface area contributed by atoms with E-state index >= 15 is 0 Å². The lowest BCUT2D eigenvalue weighted by Crippen LogP contribution is -1.91. The molecule has 0 bridgehead atoms. The van der Waals surface area contributed by atoms with Crippen LogP contribution in [0, 0.1) is 0 Å². The monoisotopic (exact) mass is 129 g/mol. The van der Waals surface area contributed by atoms with E-state index in [2.05, 4.69) is 12.1 Å². The summed E-state index contributed by atoms with van der Waals surface area (Å²) in [5.41, 5.74) is 1.08. The summed E-state index contributed by atoms with van der Waals surface area (Å²) >= 11 is 0. The van der Waals surface area contributed by atoms with Gasteiger partial charge in [0.25, 0.3) is 0 Å². The molecule has 0 heterocycles. The van der Waals surface area contributed by atoms with E-state index in [0.29, 0.717) is 6.61 Å². The summed E-state index contributed by atoms with van der Waals surface area (Å²) in [7, 11) is 0. The van der Waals surface area contributed by atoms with Gasteiger partial charge in [0.1, 0.15) is 6.61 Å². The van der Waals surface area contributed by atoms with Crippen LogP contribution in [-0.2, 0) is 4.84 Å². The van der Waals surface area contributed by atoms with Crippen molar-refractivity contribution in [1.82, 2.24) is 0 Å². The Balaban J connectivity index is 3.30. The van der Waals surface area contributed by atoms with Gasteiger partial charge < -0.3 is 4.84 Å². The molecule has 0 aliphatic carbocycles. The average molecular weight is 129 g/mol. The molecule has 2 heteroatoms. The fourth-order valence-corrected chi connectivity index (χ4v) is 0.582. The Morgan fingerprint density at radius 3 is 2.56 bits per heavy atom. The molecular weight excluding hydrogens is 114 g/mol. The first kappa shape index (κ1) is 8.47. The highest BCUT2D eigenvalue weighted by Crippen LogP contribution is 1.91. The number of nitrogens with zero attached hydrogens (tertiary/aromatic N) is 1. The lowest BCUT2D eigenvalue weighted by atomic mass is 10.2. The predicted octanol–water partition coefficient (Wildman–Crippen LogP) is 2.20. The maximum absolute atomic E-state index is 4.84. The van der Waals surface area contributed by atoms with E-state index in [0.717, 1.165) is 18.6 Å². The molecule has 0 radical (unpaired) electrons. The van der Waals surface area contributed by atoms with Crippen molar-refractivity contribution in [3.63, 3.8) is 0 Å². The lowest BCUT2D eigenvalue weighted by molar-refractivity contribution is 0.158. The number of hydrogen-bond donors (Lipinski definition) is 0. The van der Waals surface area contributed by atoms with Crippen LogP contribution >= 0.6 is 0 Å². The smallest absolute Gasteiger partial charge is 0.114 e. The van der Waals surface area contributed by atoms with E-state index in [4.69, 9.17) is 4.84 Å². The molecule has 0 aliphatic rings. The van der Waals surface area contributed by atoms with Crippen LogP contribution in [0.2, 0.25) is 0 Å². The van der Waals surface area contributed by atoms with Crippen LogP contribution in [0.3, 0.4) is 0 Å². The summed E-state index contributed by atoms with van der Waals surface area (Å²) in [6.45, 7) is 6.72. The van der Waals surface area contributed by atoms with Crippen molar-refractivity contribution in [2.75, 3.05) is 6.61 Å². The topological polar surface area (TPSA) is 21.6 Å². The zero-order valence-electron chi connectivity index (χ0n) is 6.48. The minimum atomic E-state index is 0.668. The molecule has 9 heavy (non-hydrogen) atoms. The summed E-state index contributed by atoms with van der Waals surface area (Å²) in [5.74, 6) is 0. The van der Waals surface area contributed by atoms with Crippen molar-refractivity contribution in [2.24, 2.45) is 5.16 Å². The first-order chi connectivity index (χ1) is 4.31. The van der Waals surface area contributed by atoms with Crippen molar-refractivity contribution >= 4 is 5.71 Å². The summed E-state index contributed by atoms with van der Waals surface area (Å²) in [4.78, 5) is 4.84. The van der Waals surface area contributed by atoms with Gasteiger partial charge in [-0.2, -0.15) is 0 Å². The molecule has 2 nitrogen and oxygen atoms in total. The van der Waals surface area contributed by atoms with Gasteiger partial charge in [0.2, 0.25) is 0 Å². The second kappa shape index (κ2) is 5.60. The summed E-state index contributed by atoms with van der Waals surface area (Å²) in [6, 6.07) is 0. The Kier molecular flexibility index (Phi) is 5.27. The van der Waals surface area contributed by atoms with E-state index in [1.807, 2.05) is 13.8 Å². The van der Waals surface area contributed by atoms with E-state index in [1.165, 1.54) is 0 Å². The van der Waals surface area contributed by atoms with Crippen molar-refractivity contribution in [3.8, 4) is 0 Å². The van der Waals surface area contributed by atoms with Gasteiger partial charge >= 0.3 is 0 Å². The van der Waals surface area contributed by atoms with Gasteiger partial charge in [-0.3, -0.25) is 0 Å². The van der Waals surface area contributed by atoms with Crippen molar-refractivity contribution in [3.05, 3.63) is 0 Å². The van der Waals surface area contributed by atoms with Gasteiger partial charge in [0.05, 0.1) is 5.71 Å². The molecule has 0 amide bonds. The molecule has 0 aromatic rings. The van der Waals surface area contributed by atoms with Gasteiger partial charge in [0.15, 0.2) is 0 Å². The molecule has 0 fully saturated rings. The average Bonchev–Trinajstić information content (AvgIpc) is 1.85. The van der Waals surface area contributed by atoms with Crippen LogP contribution in [0.1, 0.15) is 33.6 Å². The Morgan fingerprint density at radius 2 is 2.11 bits per heavy atom. The zero-order valence-corrected chi connectivity index (χ0v) is 6.48. The van der Waals surface area contributed by atoms with E-state index in [1.54, 1.807) is 0 Å². The Bertz CT molecular complexity index is 88.9. The molecule has 0 aliphatic heterocycles. The molecular formula is C7H15NO. The quantitative estimate of drug-likeness (QED) is 0.421. The van der Waals surface area contributed by atoms with Crippen molar-refractivity contribution < 1.29 is 4.84 Å². The van der Waals surface area contributed by atoms with Crippen LogP contribution in [0.5, 0.6) is 0 Å². The third kappa shape index (κ3) is 5.34. The summed E-state index contributed by atoms with van der Waals surface area (Å²) in [6.07, 6.45) is 2.18. The minimum absolute atomic E-state index is 0.668. The van der Waals surface area contributed by atoms with Gasteiger partial charge in [0, 0.05) is 0 Å². The molecule has 54 valence electrons. The van der Waals surface area contributed by atoms with E-state index < -0.39 is 0 Å². The Labute approximate surface area is 56.9 Å². The second-order valence-electron chi connectivity index (χ2n) is 1.99. The molecule has 0 unspecified atom stereocenters. The van der Waals surface area contributed by atoms with Crippen LogP contribution in [0.4, 0.5) is 0 Å². The van der Waals surface area contributed by atoms with Gasteiger partial charge in [-0.25, -0.2) is 0 Å². The number of rotatable bonds is 4. The second-order valence-corrected chi connectivity index (χ2v) is 1.99. The van der Waals surface area contributed by atoms with E-state index in [-0.39, 0.29) is 0 Å². The Hall–Kier alpha value is -0.530. The molecule has 0 rings (SSSR count).